The molecule has 0 aromatic carbocycles. The lowest BCUT2D eigenvalue weighted by atomic mass is 9.96. The largest absolute Gasteiger partial charge is 0.310 e. The molecule has 6 nitrogen and oxygen atoms in total. The van der Waals surface area contributed by atoms with E-state index in [4.69, 9.17) is 11.6 Å². The van der Waals surface area contributed by atoms with Crippen LogP contribution in [0.15, 0.2) is 23.5 Å². The molecule has 2 N–H and O–H groups in total. The Balaban J connectivity index is 1.96. The third-order valence-corrected chi connectivity index (χ3v) is 3.99. The van der Waals surface area contributed by atoms with Crippen molar-refractivity contribution in [1.82, 2.24) is 20.2 Å². The lowest BCUT2D eigenvalue weighted by Crippen LogP contribution is -2.23. The van der Waals surface area contributed by atoms with Crippen molar-refractivity contribution in [2.75, 3.05) is 5.32 Å². The number of carbonyl (C=O) groups excluding carboxylic acids is 1. The molecule has 0 saturated heterocycles. The van der Waals surface area contributed by atoms with Gasteiger partial charge in [-0.05, 0) is 19.1 Å². The number of halogens is 1. The first-order valence-electron chi connectivity index (χ1n) is 6.77. The zero-order valence-electron chi connectivity index (χ0n) is 12.8. The summed E-state index contributed by atoms with van der Waals surface area (Å²) in [6.07, 6.45) is 1.49. The number of aromatic nitrogens is 4. The topological polar surface area (TPSA) is 83.6 Å². The molecule has 0 fully saturated rings. The van der Waals surface area contributed by atoms with E-state index in [0.717, 1.165) is 5.82 Å². The van der Waals surface area contributed by atoms with Gasteiger partial charge >= 0.3 is 0 Å². The van der Waals surface area contributed by atoms with Gasteiger partial charge in [0.05, 0.1) is 10.3 Å². The van der Waals surface area contributed by atoms with Crippen LogP contribution in [0.5, 0.6) is 0 Å². The van der Waals surface area contributed by atoms with Crippen LogP contribution in [0, 0.1) is 0 Å². The van der Waals surface area contributed by atoms with Crippen LogP contribution in [0.3, 0.4) is 0 Å². The highest BCUT2D eigenvalue weighted by Crippen LogP contribution is 2.24. The minimum absolute atomic E-state index is 0.107. The van der Waals surface area contributed by atoms with Crippen molar-refractivity contribution >= 4 is 35.1 Å². The molecular formula is C14H18ClN5OS. The number of hydrogen-bond acceptors (Lipinski definition) is 5. The number of hydrogen-bond donors (Lipinski definition) is 2. The summed E-state index contributed by atoms with van der Waals surface area (Å²) >= 11 is 7.05. The summed E-state index contributed by atoms with van der Waals surface area (Å²) in [5, 5.41) is 10.5. The van der Waals surface area contributed by atoms with Crippen LogP contribution in [-0.4, -0.2) is 31.3 Å². The normalized spacial score (nSPS) is 13.0. The number of nitrogens with zero attached hydrogens (tertiary/aromatic N) is 3. The lowest BCUT2D eigenvalue weighted by molar-refractivity contribution is -0.115. The van der Waals surface area contributed by atoms with E-state index in [0.29, 0.717) is 16.0 Å². The van der Waals surface area contributed by atoms with E-state index in [1.165, 1.54) is 18.0 Å². The van der Waals surface area contributed by atoms with Crippen molar-refractivity contribution in [2.45, 2.75) is 43.5 Å². The molecule has 2 aromatic heterocycles. The third kappa shape index (κ3) is 4.45. The first kappa shape index (κ1) is 16.8. The first-order valence-corrected chi connectivity index (χ1v) is 8.03. The number of aromatic amines is 1. The van der Waals surface area contributed by atoms with E-state index in [-0.39, 0.29) is 16.6 Å². The quantitative estimate of drug-likeness (QED) is 0.835. The fourth-order valence-corrected chi connectivity index (χ4v) is 2.36. The first-order chi connectivity index (χ1) is 10.3. The summed E-state index contributed by atoms with van der Waals surface area (Å²) < 4.78 is 0. The van der Waals surface area contributed by atoms with Crippen LogP contribution in [0.1, 0.15) is 33.5 Å². The number of H-pyrrole nitrogens is 1. The second-order valence-electron chi connectivity index (χ2n) is 5.83. The molecule has 0 aliphatic heterocycles. The van der Waals surface area contributed by atoms with E-state index in [1.54, 1.807) is 19.1 Å². The lowest BCUT2D eigenvalue weighted by Gasteiger charge is -2.13. The van der Waals surface area contributed by atoms with E-state index in [9.17, 15) is 4.79 Å². The molecule has 0 aliphatic carbocycles. The zero-order chi connectivity index (χ0) is 16.3. The van der Waals surface area contributed by atoms with Crippen molar-refractivity contribution in [3.63, 3.8) is 0 Å². The van der Waals surface area contributed by atoms with Crippen molar-refractivity contribution in [1.29, 1.82) is 0 Å². The minimum Gasteiger partial charge on any atom is -0.310 e. The molecule has 2 rings (SSSR count). The highest BCUT2D eigenvalue weighted by molar-refractivity contribution is 8.00. The molecule has 0 radical (unpaired) electrons. The summed E-state index contributed by atoms with van der Waals surface area (Å²) in [5.41, 5.74) is -0.107. The smallest absolute Gasteiger partial charge is 0.238 e. The Hall–Kier alpha value is -1.60. The highest BCUT2D eigenvalue weighted by atomic mass is 35.5. The van der Waals surface area contributed by atoms with Crippen molar-refractivity contribution in [3.8, 4) is 0 Å². The van der Waals surface area contributed by atoms with Crippen LogP contribution in [0.25, 0.3) is 0 Å². The Morgan fingerprint density at radius 3 is 2.68 bits per heavy atom. The summed E-state index contributed by atoms with van der Waals surface area (Å²) in [4.78, 5) is 20.6. The maximum absolute atomic E-state index is 12.1. The molecule has 0 unspecified atom stereocenters. The average molecular weight is 340 g/mol. The van der Waals surface area contributed by atoms with Gasteiger partial charge in [-0.25, -0.2) is 9.97 Å². The van der Waals surface area contributed by atoms with Gasteiger partial charge in [-0.3, -0.25) is 9.89 Å². The summed E-state index contributed by atoms with van der Waals surface area (Å²) in [6.45, 7) is 7.93. The second-order valence-corrected chi connectivity index (χ2v) is 7.57. The fraction of sp³-hybridized carbons (Fsp3) is 0.429. The maximum atomic E-state index is 12.1. The van der Waals surface area contributed by atoms with E-state index in [2.05, 4.69) is 25.5 Å². The predicted octanol–water partition coefficient (Wildman–Crippen LogP) is 3.27. The Morgan fingerprint density at radius 2 is 2.14 bits per heavy atom. The molecule has 2 heterocycles. The fourth-order valence-electron chi connectivity index (χ4n) is 1.52. The molecule has 118 valence electrons. The van der Waals surface area contributed by atoms with Crippen molar-refractivity contribution in [2.24, 2.45) is 0 Å². The van der Waals surface area contributed by atoms with Gasteiger partial charge in [0.25, 0.3) is 0 Å². The van der Waals surface area contributed by atoms with Gasteiger partial charge in [-0.1, -0.05) is 44.1 Å². The van der Waals surface area contributed by atoms with Crippen LogP contribution in [0.2, 0.25) is 5.02 Å². The van der Waals surface area contributed by atoms with E-state index >= 15 is 0 Å². The Morgan fingerprint density at radius 1 is 1.41 bits per heavy atom. The Kier molecular flexibility index (Phi) is 5.08. The zero-order valence-corrected chi connectivity index (χ0v) is 14.4. The summed E-state index contributed by atoms with van der Waals surface area (Å²) in [6, 6.07) is 3.33. The van der Waals surface area contributed by atoms with Gasteiger partial charge in [-0.15, -0.1) is 5.10 Å². The summed E-state index contributed by atoms with van der Waals surface area (Å²) in [7, 11) is 0. The molecule has 0 saturated carbocycles. The third-order valence-electron chi connectivity index (χ3n) is 2.81. The maximum Gasteiger partial charge on any atom is 0.238 e. The number of anilines is 1. The predicted molar refractivity (Wildman–Crippen MR) is 88.3 cm³/mol. The number of thioether (sulfide) groups is 1. The molecule has 0 bridgehead atoms. The van der Waals surface area contributed by atoms with Gasteiger partial charge < -0.3 is 5.32 Å². The number of carbonyl (C=O) groups is 1. The van der Waals surface area contributed by atoms with Crippen LogP contribution in [0.4, 0.5) is 5.82 Å². The van der Waals surface area contributed by atoms with Crippen molar-refractivity contribution < 1.29 is 4.79 Å². The van der Waals surface area contributed by atoms with Gasteiger partial charge in [0, 0.05) is 11.6 Å². The monoisotopic (exact) mass is 339 g/mol. The van der Waals surface area contributed by atoms with Gasteiger partial charge in [0.1, 0.15) is 11.6 Å². The Bertz CT molecular complexity index is 650. The molecule has 0 spiro atoms. The number of pyridine rings is 1. The second kappa shape index (κ2) is 6.66. The summed E-state index contributed by atoms with van der Waals surface area (Å²) in [5.74, 6) is 1.09. The number of amides is 1. The number of rotatable bonds is 4. The van der Waals surface area contributed by atoms with E-state index < -0.39 is 0 Å². The number of nitrogens with one attached hydrogen (secondary N) is 2. The van der Waals surface area contributed by atoms with Crippen molar-refractivity contribution in [3.05, 3.63) is 29.2 Å². The molecule has 22 heavy (non-hydrogen) atoms. The molecule has 0 aliphatic rings. The molecule has 2 aromatic rings. The molecule has 1 atom stereocenters. The van der Waals surface area contributed by atoms with Crippen LogP contribution >= 0.6 is 23.4 Å². The minimum atomic E-state index is -0.346. The standard InChI is InChI=1S/C14H18ClN5OS/c1-8(11(21)17-10-6-5-9(15)7-16-10)22-13-18-12(19-20-13)14(2,3)4/h5-8H,1-4H3,(H,16,17,21)(H,18,19,20)/t8-/m0/s1. The van der Waals surface area contributed by atoms with Gasteiger partial charge in [-0.2, -0.15) is 0 Å². The average Bonchev–Trinajstić information content (AvgIpc) is 2.90. The van der Waals surface area contributed by atoms with Gasteiger partial charge in [0.2, 0.25) is 11.1 Å². The Labute approximate surface area is 138 Å². The highest BCUT2D eigenvalue weighted by Gasteiger charge is 2.21. The van der Waals surface area contributed by atoms with Gasteiger partial charge in [0.15, 0.2) is 0 Å². The van der Waals surface area contributed by atoms with Crippen LogP contribution < -0.4 is 5.32 Å². The SMILES string of the molecule is C[C@H](Sc1n[nH]c(C(C)(C)C)n1)C(=O)Nc1ccc(Cl)cn1. The molecule has 8 heteroatoms. The molecular weight excluding hydrogens is 322 g/mol. The van der Waals surface area contributed by atoms with Crippen LogP contribution in [-0.2, 0) is 10.2 Å². The van der Waals surface area contributed by atoms with E-state index in [1.807, 2.05) is 20.8 Å². The molecule has 1 amide bonds.